The SMILES string of the molecule is C=CCN=c1scc(-c2ccc3c(c2)NC(=O)CO3)n1N=Cc1ccc(OCc2ccc(C(=O)OC)cc2)cc1. The number of rotatable bonds is 9. The first-order valence-corrected chi connectivity index (χ1v) is 13.3. The molecule has 1 aliphatic rings. The van der Waals surface area contributed by atoms with Gasteiger partial charge in [0.25, 0.3) is 5.91 Å². The number of ether oxygens (including phenoxy) is 3. The van der Waals surface area contributed by atoms with E-state index in [0.717, 1.165) is 22.4 Å². The quantitative estimate of drug-likeness (QED) is 0.180. The molecule has 0 fully saturated rings. The van der Waals surface area contributed by atoms with Gasteiger partial charge in [0, 0.05) is 10.9 Å². The third-order valence-corrected chi connectivity index (χ3v) is 6.79. The molecule has 0 saturated heterocycles. The average Bonchev–Trinajstić information content (AvgIpc) is 3.40. The van der Waals surface area contributed by atoms with Gasteiger partial charge in [0.1, 0.15) is 18.1 Å². The second-order valence-corrected chi connectivity index (χ2v) is 9.52. The highest BCUT2D eigenvalue weighted by molar-refractivity contribution is 7.07. The van der Waals surface area contributed by atoms with Gasteiger partial charge in [-0.25, -0.2) is 9.47 Å². The number of nitrogens with one attached hydrogen (secondary N) is 1. The van der Waals surface area contributed by atoms with E-state index in [2.05, 4.69) is 16.9 Å². The van der Waals surface area contributed by atoms with E-state index in [1.54, 1.807) is 29.1 Å². The summed E-state index contributed by atoms with van der Waals surface area (Å²) in [6, 6.07) is 20.3. The number of benzene rings is 3. The Balaban J connectivity index is 1.32. The van der Waals surface area contributed by atoms with Crippen molar-refractivity contribution in [2.75, 3.05) is 25.6 Å². The van der Waals surface area contributed by atoms with Crippen LogP contribution in [0.5, 0.6) is 11.5 Å². The number of carbonyl (C=O) groups excluding carboxylic acids is 2. The summed E-state index contributed by atoms with van der Waals surface area (Å²) < 4.78 is 17.9. The summed E-state index contributed by atoms with van der Waals surface area (Å²) in [5, 5.41) is 9.54. The summed E-state index contributed by atoms with van der Waals surface area (Å²) in [6.07, 6.45) is 3.48. The monoisotopic (exact) mass is 554 g/mol. The predicted molar refractivity (Wildman–Crippen MR) is 154 cm³/mol. The van der Waals surface area contributed by atoms with Crippen LogP contribution in [-0.2, 0) is 16.1 Å². The van der Waals surface area contributed by atoms with E-state index in [0.29, 0.717) is 40.7 Å². The highest BCUT2D eigenvalue weighted by Crippen LogP contribution is 2.33. The van der Waals surface area contributed by atoms with Crippen molar-refractivity contribution in [3.05, 3.63) is 106 Å². The first-order valence-electron chi connectivity index (χ1n) is 12.4. The van der Waals surface area contributed by atoms with E-state index in [9.17, 15) is 9.59 Å². The fourth-order valence-electron chi connectivity index (χ4n) is 3.90. The van der Waals surface area contributed by atoms with Crippen molar-refractivity contribution >= 4 is 35.1 Å². The maximum Gasteiger partial charge on any atom is 0.337 e. The molecule has 0 bridgehead atoms. The molecule has 0 radical (unpaired) electrons. The Kier molecular flexibility index (Phi) is 8.17. The molecule has 5 rings (SSSR count). The molecule has 10 heteroatoms. The van der Waals surface area contributed by atoms with Crippen molar-refractivity contribution in [1.29, 1.82) is 0 Å². The van der Waals surface area contributed by atoms with Crippen LogP contribution in [0.4, 0.5) is 5.69 Å². The van der Waals surface area contributed by atoms with Crippen molar-refractivity contribution in [2.24, 2.45) is 10.1 Å². The van der Waals surface area contributed by atoms with Crippen LogP contribution in [0, 0.1) is 0 Å². The lowest BCUT2D eigenvalue weighted by Gasteiger charge is -2.18. The number of amides is 1. The summed E-state index contributed by atoms with van der Waals surface area (Å²) in [6.45, 7) is 4.59. The van der Waals surface area contributed by atoms with Gasteiger partial charge in [0.15, 0.2) is 6.61 Å². The molecule has 1 N–H and O–H groups in total. The summed E-state index contributed by atoms with van der Waals surface area (Å²) in [5.41, 5.74) is 4.61. The zero-order valence-electron chi connectivity index (χ0n) is 21.7. The highest BCUT2D eigenvalue weighted by Gasteiger charge is 2.18. The lowest BCUT2D eigenvalue weighted by Crippen LogP contribution is -2.25. The minimum Gasteiger partial charge on any atom is -0.489 e. The molecule has 0 atom stereocenters. The first kappa shape index (κ1) is 26.6. The van der Waals surface area contributed by atoms with Crippen molar-refractivity contribution in [3.63, 3.8) is 0 Å². The van der Waals surface area contributed by atoms with Crippen LogP contribution in [0.25, 0.3) is 11.3 Å². The molecule has 2 heterocycles. The van der Waals surface area contributed by atoms with Gasteiger partial charge in [0.05, 0.1) is 36.8 Å². The Hall–Kier alpha value is -4.96. The second kappa shape index (κ2) is 12.3. The number of carbonyl (C=O) groups is 2. The molecule has 4 aromatic rings. The second-order valence-electron chi connectivity index (χ2n) is 8.68. The van der Waals surface area contributed by atoms with Gasteiger partial charge in [-0.1, -0.05) is 18.2 Å². The Morgan fingerprint density at radius 1 is 1.15 bits per heavy atom. The van der Waals surface area contributed by atoms with E-state index in [1.807, 2.05) is 60.0 Å². The molecule has 1 aliphatic heterocycles. The molecule has 9 nitrogen and oxygen atoms in total. The van der Waals surface area contributed by atoms with E-state index in [-0.39, 0.29) is 18.5 Å². The van der Waals surface area contributed by atoms with Crippen molar-refractivity contribution in [2.45, 2.75) is 6.61 Å². The molecule has 40 heavy (non-hydrogen) atoms. The lowest BCUT2D eigenvalue weighted by atomic mass is 10.1. The standard InChI is InChI=1S/C30H26N4O5S/c1-3-14-31-30-34(26(19-40-30)23-10-13-27-25(15-23)33-28(35)18-39-27)32-16-20-6-11-24(12-7-20)38-17-21-4-8-22(9-5-21)29(36)37-2/h3-13,15-16,19H,1,14,17-18H2,2H3,(H,33,35). The van der Waals surface area contributed by atoms with E-state index in [4.69, 9.17) is 19.3 Å². The Morgan fingerprint density at radius 3 is 2.70 bits per heavy atom. The minimum absolute atomic E-state index is 0.00758. The van der Waals surface area contributed by atoms with Gasteiger partial charge in [-0.15, -0.1) is 17.9 Å². The average molecular weight is 555 g/mol. The molecule has 1 amide bonds. The fourth-order valence-corrected chi connectivity index (χ4v) is 4.75. The number of thiazole rings is 1. The van der Waals surface area contributed by atoms with Gasteiger partial charge in [0.2, 0.25) is 4.80 Å². The normalized spacial score (nSPS) is 12.9. The molecule has 0 spiro atoms. The highest BCUT2D eigenvalue weighted by atomic mass is 32.1. The number of hydrogen-bond acceptors (Lipinski definition) is 8. The van der Waals surface area contributed by atoms with Crippen LogP contribution in [0.1, 0.15) is 21.5 Å². The number of methoxy groups -OCH3 is 1. The molecule has 0 aliphatic carbocycles. The molecule has 0 saturated carbocycles. The van der Waals surface area contributed by atoms with Gasteiger partial charge < -0.3 is 19.5 Å². The largest absolute Gasteiger partial charge is 0.489 e. The molecular formula is C30H26N4O5S. The summed E-state index contributed by atoms with van der Waals surface area (Å²) in [4.78, 5) is 28.7. The Morgan fingerprint density at radius 2 is 1.95 bits per heavy atom. The maximum atomic E-state index is 11.8. The smallest absolute Gasteiger partial charge is 0.337 e. The van der Waals surface area contributed by atoms with Gasteiger partial charge in [-0.2, -0.15) is 5.10 Å². The maximum absolute atomic E-state index is 11.8. The zero-order chi connectivity index (χ0) is 27.9. The van der Waals surface area contributed by atoms with E-state index < -0.39 is 0 Å². The summed E-state index contributed by atoms with van der Waals surface area (Å²) in [7, 11) is 1.36. The summed E-state index contributed by atoms with van der Waals surface area (Å²) >= 11 is 1.47. The van der Waals surface area contributed by atoms with Crippen molar-refractivity contribution < 1.29 is 23.8 Å². The van der Waals surface area contributed by atoms with Crippen molar-refractivity contribution in [3.8, 4) is 22.8 Å². The minimum atomic E-state index is -0.371. The number of esters is 1. The first-order chi connectivity index (χ1) is 19.5. The van der Waals surface area contributed by atoms with Gasteiger partial charge >= 0.3 is 5.97 Å². The van der Waals surface area contributed by atoms with Crippen LogP contribution in [-0.4, -0.2) is 43.0 Å². The molecule has 1 aromatic heterocycles. The van der Waals surface area contributed by atoms with Gasteiger partial charge in [-0.05, 0) is 65.7 Å². The van der Waals surface area contributed by atoms with Crippen LogP contribution >= 0.6 is 11.3 Å². The van der Waals surface area contributed by atoms with Crippen LogP contribution in [0.3, 0.4) is 0 Å². The third-order valence-electron chi connectivity index (χ3n) is 5.93. The Bertz CT molecular complexity index is 1640. The zero-order valence-corrected chi connectivity index (χ0v) is 22.5. The fraction of sp³-hybridized carbons (Fsp3) is 0.133. The molecule has 3 aromatic carbocycles. The Labute approximate surface area is 234 Å². The number of aromatic nitrogens is 1. The number of fused-ring (bicyclic) bond motifs is 1. The van der Waals surface area contributed by atoms with Crippen molar-refractivity contribution in [1.82, 2.24) is 4.68 Å². The number of anilines is 1. The van der Waals surface area contributed by atoms with Crippen LogP contribution in [0.15, 0.2) is 94.9 Å². The van der Waals surface area contributed by atoms with Crippen LogP contribution in [0.2, 0.25) is 0 Å². The van der Waals surface area contributed by atoms with Crippen LogP contribution < -0.4 is 19.6 Å². The predicted octanol–water partition coefficient (Wildman–Crippen LogP) is 4.88. The number of nitrogens with zero attached hydrogens (tertiary/aromatic N) is 3. The molecule has 202 valence electrons. The number of hydrogen-bond donors (Lipinski definition) is 1. The molecule has 0 unspecified atom stereocenters. The third kappa shape index (κ3) is 6.19. The van der Waals surface area contributed by atoms with Gasteiger partial charge in [-0.3, -0.25) is 9.79 Å². The lowest BCUT2D eigenvalue weighted by molar-refractivity contribution is -0.118. The molecular weight excluding hydrogens is 528 g/mol. The van der Waals surface area contributed by atoms with E-state index >= 15 is 0 Å². The summed E-state index contributed by atoms with van der Waals surface area (Å²) in [5.74, 6) is 0.778. The van der Waals surface area contributed by atoms with E-state index in [1.165, 1.54) is 18.4 Å². The topological polar surface area (TPSA) is 104 Å².